The highest BCUT2D eigenvalue weighted by Gasteiger charge is 2.19. The first-order valence-electron chi connectivity index (χ1n) is 5.87. The molecule has 1 aromatic rings. The van der Waals surface area contributed by atoms with E-state index >= 15 is 0 Å². The van der Waals surface area contributed by atoms with Gasteiger partial charge in [0.15, 0.2) is 0 Å². The van der Waals surface area contributed by atoms with E-state index in [1.807, 2.05) is 0 Å². The van der Waals surface area contributed by atoms with Crippen LogP contribution in [0.1, 0.15) is 12.0 Å². The first kappa shape index (κ1) is 12.0. The van der Waals surface area contributed by atoms with Crippen LogP contribution in [0.15, 0.2) is 30.3 Å². The minimum absolute atomic E-state index is 0.370. The van der Waals surface area contributed by atoms with Gasteiger partial charge in [-0.05, 0) is 17.7 Å². The summed E-state index contributed by atoms with van der Waals surface area (Å²) in [6.07, 6.45) is 1.42. The second-order valence-corrected chi connectivity index (χ2v) is 4.67. The fourth-order valence-electron chi connectivity index (χ4n) is 2.08. The van der Waals surface area contributed by atoms with Crippen LogP contribution in [-0.2, 0) is 11.3 Å². The summed E-state index contributed by atoms with van der Waals surface area (Å²) in [5.41, 5.74) is 1.38. The summed E-state index contributed by atoms with van der Waals surface area (Å²) in [7, 11) is 0. The zero-order valence-electron chi connectivity index (χ0n) is 9.51. The Morgan fingerprint density at radius 2 is 2.12 bits per heavy atom. The number of rotatable bonds is 4. The maximum Gasteiger partial charge on any atom is 0.0710 e. The van der Waals surface area contributed by atoms with Gasteiger partial charge in [-0.3, -0.25) is 4.90 Å². The van der Waals surface area contributed by atoms with Crippen molar-refractivity contribution in [3.8, 4) is 0 Å². The van der Waals surface area contributed by atoms with Crippen molar-refractivity contribution in [3.63, 3.8) is 0 Å². The summed E-state index contributed by atoms with van der Waals surface area (Å²) >= 11 is 4.26. The molecule has 1 unspecified atom stereocenters. The van der Waals surface area contributed by atoms with Crippen molar-refractivity contribution >= 4 is 12.6 Å². The van der Waals surface area contributed by atoms with Crippen molar-refractivity contribution in [2.75, 3.05) is 25.4 Å². The average Bonchev–Trinajstić information content (AvgIpc) is 2.31. The van der Waals surface area contributed by atoms with E-state index in [1.54, 1.807) is 0 Å². The third kappa shape index (κ3) is 3.51. The van der Waals surface area contributed by atoms with Crippen LogP contribution in [0.2, 0.25) is 0 Å². The highest BCUT2D eigenvalue weighted by atomic mass is 32.1. The molecule has 0 N–H and O–H groups in total. The van der Waals surface area contributed by atoms with Gasteiger partial charge in [0.25, 0.3) is 0 Å². The minimum atomic E-state index is 0.370. The Labute approximate surface area is 103 Å². The largest absolute Gasteiger partial charge is 0.376 e. The lowest BCUT2D eigenvalue weighted by molar-refractivity contribution is -0.0318. The fraction of sp³-hybridized carbons (Fsp3) is 0.538. The zero-order chi connectivity index (χ0) is 11.2. The van der Waals surface area contributed by atoms with E-state index in [-0.39, 0.29) is 0 Å². The van der Waals surface area contributed by atoms with Gasteiger partial charge in [0.1, 0.15) is 0 Å². The van der Waals surface area contributed by atoms with Crippen LogP contribution < -0.4 is 0 Å². The molecule has 1 fully saturated rings. The molecule has 0 amide bonds. The van der Waals surface area contributed by atoms with Gasteiger partial charge in [-0.15, -0.1) is 0 Å². The van der Waals surface area contributed by atoms with Crippen molar-refractivity contribution in [1.82, 2.24) is 4.90 Å². The lowest BCUT2D eigenvalue weighted by atomic mass is 10.1. The molecule has 88 valence electrons. The molecule has 1 saturated heterocycles. The Morgan fingerprint density at radius 3 is 2.88 bits per heavy atom. The van der Waals surface area contributed by atoms with Gasteiger partial charge < -0.3 is 4.74 Å². The first-order valence-corrected chi connectivity index (χ1v) is 6.50. The van der Waals surface area contributed by atoms with Gasteiger partial charge in [0, 0.05) is 19.6 Å². The van der Waals surface area contributed by atoms with Crippen LogP contribution in [0.25, 0.3) is 0 Å². The third-order valence-corrected chi connectivity index (χ3v) is 3.18. The molecule has 3 heteroatoms. The molecule has 0 aliphatic carbocycles. The minimum Gasteiger partial charge on any atom is -0.376 e. The van der Waals surface area contributed by atoms with Crippen molar-refractivity contribution in [2.24, 2.45) is 0 Å². The lowest BCUT2D eigenvalue weighted by Crippen LogP contribution is -2.42. The van der Waals surface area contributed by atoms with Gasteiger partial charge in [-0.2, -0.15) is 12.6 Å². The number of thiol groups is 1. The molecule has 0 radical (unpaired) electrons. The number of ether oxygens (including phenoxy) is 1. The van der Waals surface area contributed by atoms with Crippen molar-refractivity contribution in [2.45, 2.75) is 19.1 Å². The molecular weight excluding hydrogens is 218 g/mol. The molecular formula is C13H19NOS. The number of hydrogen-bond donors (Lipinski definition) is 1. The Morgan fingerprint density at radius 1 is 1.31 bits per heavy atom. The van der Waals surface area contributed by atoms with Crippen molar-refractivity contribution in [1.29, 1.82) is 0 Å². The Kier molecular flexibility index (Phi) is 4.69. The summed E-state index contributed by atoms with van der Waals surface area (Å²) < 4.78 is 5.70. The smallest absolute Gasteiger partial charge is 0.0710 e. The van der Waals surface area contributed by atoms with Crippen LogP contribution in [0.4, 0.5) is 0 Å². The monoisotopic (exact) mass is 237 g/mol. The maximum atomic E-state index is 5.70. The van der Waals surface area contributed by atoms with Crippen LogP contribution >= 0.6 is 12.6 Å². The van der Waals surface area contributed by atoms with Gasteiger partial charge in [0.2, 0.25) is 0 Å². The van der Waals surface area contributed by atoms with E-state index < -0.39 is 0 Å². The van der Waals surface area contributed by atoms with E-state index in [0.717, 1.165) is 38.4 Å². The fourth-order valence-corrected chi connectivity index (χ4v) is 2.37. The number of benzene rings is 1. The molecule has 1 aromatic carbocycles. The molecule has 1 atom stereocenters. The van der Waals surface area contributed by atoms with Crippen LogP contribution in [0.5, 0.6) is 0 Å². The van der Waals surface area contributed by atoms with E-state index in [1.165, 1.54) is 5.56 Å². The van der Waals surface area contributed by atoms with Crippen molar-refractivity contribution in [3.05, 3.63) is 35.9 Å². The molecule has 2 nitrogen and oxygen atoms in total. The molecule has 1 aliphatic heterocycles. The SMILES string of the molecule is SCCC1CN(Cc2ccccc2)CCO1. The van der Waals surface area contributed by atoms with E-state index in [2.05, 4.69) is 47.9 Å². The van der Waals surface area contributed by atoms with Crippen molar-refractivity contribution < 1.29 is 4.74 Å². The Balaban J connectivity index is 1.85. The lowest BCUT2D eigenvalue weighted by Gasteiger charge is -2.32. The summed E-state index contributed by atoms with van der Waals surface area (Å²) in [4.78, 5) is 2.47. The second-order valence-electron chi connectivity index (χ2n) is 4.23. The number of morpholine rings is 1. The summed E-state index contributed by atoms with van der Waals surface area (Å²) in [6, 6.07) is 10.6. The molecule has 0 bridgehead atoms. The normalized spacial score (nSPS) is 22.2. The number of hydrogen-bond acceptors (Lipinski definition) is 3. The topological polar surface area (TPSA) is 12.5 Å². The quantitative estimate of drug-likeness (QED) is 0.806. The van der Waals surface area contributed by atoms with Gasteiger partial charge in [-0.25, -0.2) is 0 Å². The Hall–Kier alpha value is -0.510. The summed E-state index contributed by atoms with van der Waals surface area (Å²) in [6.45, 7) is 3.96. The van der Waals surface area contributed by atoms with Gasteiger partial charge in [0.05, 0.1) is 12.7 Å². The standard InChI is InChI=1S/C13H19NOS/c16-9-6-13-11-14(7-8-15-13)10-12-4-2-1-3-5-12/h1-5,13,16H,6-11H2. The predicted octanol–water partition coefficient (Wildman–Crippen LogP) is 2.21. The van der Waals surface area contributed by atoms with Crippen LogP contribution in [0, 0.1) is 0 Å². The summed E-state index contributed by atoms with van der Waals surface area (Å²) in [5.74, 6) is 0.907. The molecule has 0 spiro atoms. The highest BCUT2D eigenvalue weighted by Crippen LogP contribution is 2.12. The molecule has 0 saturated carbocycles. The maximum absolute atomic E-state index is 5.70. The molecule has 1 heterocycles. The van der Waals surface area contributed by atoms with Crippen LogP contribution in [0.3, 0.4) is 0 Å². The molecule has 2 rings (SSSR count). The Bertz CT molecular complexity index is 302. The second kappa shape index (κ2) is 6.28. The highest BCUT2D eigenvalue weighted by molar-refractivity contribution is 7.80. The molecule has 16 heavy (non-hydrogen) atoms. The van der Waals surface area contributed by atoms with Gasteiger partial charge in [-0.1, -0.05) is 30.3 Å². The van der Waals surface area contributed by atoms with E-state index in [0.29, 0.717) is 6.10 Å². The van der Waals surface area contributed by atoms with Crippen LogP contribution in [-0.4, -0.2) is 36.5 Å². The van der Waals surface area contributed by atoms with E-state index in [9.17, 15) is 0 Å². The van der Waals surface area contributed by atoms with E-state index in [4.69, 9.17) is 4.74 Å². The third-order valence-electron chi connectivity index (χ3n) is 2.92. The molecule has 1 aliphatic rings. The summed E-state index contributed by atoms with van der Waals surface area (Å²) in [5, 5.41) is 0. The first-order chi connectivity index (χ1) is 7.88. The predicted molar refractivity (Wildman–Crippen MR) is 69.9 cm³/mol. The zero-order valence-corrected chi connectivity index (χ0v) is 10.4. The number of nitrogens with zero attached hydrogens (tertiary/aromatic N) is 1. The van der Waals surface area contributed by atoms with Gasteiger partial charge >= 0.3 is 0 Å². The molecule has 0 aromatic heterocycles. The average molecular weight is 237 g/mol.